The highest BCUT2D eigenvalue weighted by Crippen LogP contribution is 2.30. The summed E-state index contributed by atoms with van der Waals surface area (Å²) in [4.78, 5) is 39.8. The molecule has 0 bridgehead atoms. The van der Waals surface area contributed by atoms with Crippen molar-refractivity contribution >= 4 is 56.4 Å². The summed E-state index contributed by atoms with van der Waals surface area (Å²) in [5.74, 6) is -1.16. The van der Waals surface area contributed by atoms with Crippen LogP contribution in [0.5, 0.6) is 0 Å². The predicted octanol–water partition coefficient (Wildman–Crippen LogP) is 5.14. The first-order valence-electron chi connectivity index (χ1n) is 13.1. The Morgan fingerprint density at radius 3 is 2.24 bits per heavy atom. The minimum Gasteiger partial charge on any atom is -0.354 e. The van der Waals surface area contributed by atoms with Crippen LogP contribution in [0.25, 0.3) is 0 Å². The third-order valence-corrected chi connectivity index (χ3v) is 8.40. The molecule has 0 spiro atoms. The number of amides is 2. The van der Waals surface area contributed by atoms with Crippen LogP contribution in [0.1, 0.15) is 30.0 Å². The fourth-order valence-corrected chi connectivity index (χ4v) is 5.76. The van der Waals surface area contributed by atoms with Gasteiger partial charge in [0.15, 0.2) is 0 Å². The molecule has 10 nitrogen and oxygen atoms in total. The molecule has 3 aromatic rings. The standard InChI is InChI=1S/C29H32Cl2N4O6S/c1-4-15-32-29(37)27(16-21-9-6-5-7-10-21)33(18-23-24(30)11-8-12-25(23)31)28(36)19-34(42(3,40)41)26-17-22(35(38)39)14-13-20(26)2/h5-14,17,27H,4,15-16,18-19H2,1-3H3,(H,32,37). The highest BCUT2D eigenvalue weighted by atomic mass is 35.5. The van der Waals surface area contributed by atoms with Gasteiger partial charge in [-0.05, 0) is 36.6 Å². The van der Waals surface area contributed by atoms with Crippen LogP contribution in [-0.2, 0) is 32.6 Å². The van der Waals surface area contributed by atoms with E-state index in [-0.39, 0.29) is 34.4 Å². The van der Waals surface area contributed by atoms with Crippen molar-refractivity contribution in [2.75, 3.05) is 23.7 Å². The first-order valence-corrected chi connectivity index (χ1v) is 15.7. The molecule has 0 radical (unpaired) electrons. The minimum absolute atomic E-state index is 0.0224. The van der Waals surface area contributed by atoms with Gasteiger partial charge in [-0.25, -0.2) is 8.42 Å². The maximum atomic E-state index is 14.2. The van der Waals surface area contributed by atoms with Crippen LogP contribution in [0.4, 0.5) is 11.4 Å². The average Bonchev–Trinajstić information content (AvgIpc) is 2.93. The number of nitrogens with one attached hydrogen (secondary N) is 1. The number of nitro groups is 1. The second-order valence-electron chi connectivity index (χ2n) is 9.72. The number of rotatable bonds is 13. The molecule has 0 heterocycles. The van der Waals surface area contributed by atoms with Crippen LogP contribution in [-0.4, -0.2) is 55.4 Å². The van der Waals surface area contributed by atoms with Gasteiger partial charge in [0.05, 0.1) is 16.9 Å². The minimum atomic E-state index is -4.11. The van der Waals surface area contributed by atoms with Crippen molar-refractivity contribution in [2.24, 2.45) is 0 Å². The third kappa shape index (κ3) is 8.43. The van der Waals surface area contributed by atoms with Crippen LogP contribution in [0.2, 0.25) is 10.0 Å². The van der Waals surface area contributed by atoms with Crippen molar-refractivity contribution in [3.8, 4) is 0 Å². The molecule has 42 heavy (non-hydrogen) atoms. The lowest BCUT2D eigenvalue weighted by Crippen LogP contribution is -2.53. The van der Waals surface area contributed by atoms with Crippen LogP contribution in [0, 0.1) is 17.0 Å². The smallest absolute Gasteiger partial charge is 0.271 e. The van der Waals surface area contributed by atoms with Crippen molar-refractivity contribution < 1.29 is 22.9 Å². The number of sulfonamides is 1. The summed E-state index contributed by atoms with van der Waals surface area (Å²) >= 11 is 12.9. The molecule has 0 saturated carbocycles. The lowest BCUT2D eigenvalue weighted by molar-refractivity contribution is -0.384. The number of nitro benzene ring substituents is 1. The van der Waals surface area contributed by atoms with Crippen molar-refractivity contribution in [2.45, 2.75) is 39.3 Å². The van der Waals surface area contributed by atoms with Gasteiger partial charge in [0.25, 0.3) is 5.69 Å². The average molecular weight is 636 g/mol. The number of carbonyl (C=O) groups is 2. The number of aryl methyl sites for hydroxylation is 1. The molecule has 1 unspecified atom stereocenters. The zero-order chi connectivity index (χ0) is 31.0. The molecule has 0 aliphatic rings. The highest BCUT2D eigenvalue weighted by molar-refractivity contribution is 7.92. The zero-order valence-electron chi connectivity index (χ0n) is 23.4. The van der Waals surface area contributed by atoms with Crippen molar-refractivity contribution in [3.05, 3.63) is 104 Å². The summed E-state index contributed by atoms with van der Waals surface area (Å²) in [5, 5.41) is 14.8. The fourth-order valence-electron chi connectivity index (χ4n) is 4.35. The van der Waals surface area contributed by atoms with E-state index in [1.165, 1.54) is 17.0 Å². The summed E-state index contributed by atoms with van der Waals surface area (Å²) in [5.41, 5.74) is 1.20. The molecule has 0 saturated heterocycles. The van der Waals surface area contributed by atoms with E-state index in [0.29, 0.717) is 24.1 Å². The van der Waals surface area contributed by atoms with Gasteiger partial charge in [-0.15, -0.1) is 0 Å². The molecule has 0 aliphatic carbocycles. The number of benzene rings is 3. The fraction of sp³-hybridized carbons (Fsp3) is 0.310. The normalized spacial score (nSPS) is 11.9. The van der Waals surface area contributed by atoms with Crippen LogP contribution >= 0.6 is 23.2 Å². The molecular weight excluding hydrogens is 603 g/mol. The Balaban J connectivity index is 2.14. The number of nitrogens with zero attached hydrogens (tertiary/aromatic N) is 3. The molecule has 1 atom stereocenters. The molecule has 0 fully saturated rings. The second-order valence-corrected chi connectivity index (χ2v) is 12.4. The van der Waals surface area contributed by atoms with E-state index in [1.54, 1.807) is 25.1 Å². The van der Waals surface area contributed by atoms with Gasteiger partial charge in [0, 0.05) is 47.3 Å². The molecular formula is C29H32Cl2N4O6S. The Labute approximate surface area is 255 Å². The molecule has 1 N–H and O–H groups in total. The Morgan fingerprint density at radius 1 is 1.02 bits per heavy atom. The van der Waals surface area contributed by atoms with Crippen molar-refractivity contribution in [3.63, 3.8) is 0 Å². The van der Waals surface area contributed by atoms with Gasteiger partial charge in [-0.3, -0.25) is 24.0 Å². The van der Waals surface area contributed by atoms with Gasteiger partial charge in [0.2, 0.25) is 21.8 Å². The van der Waals surface area contributed by atoms with E-state index in [1.807, 2.05) is 37.3 Å². The first kappa shape index (κ1) is 32.8. The lowest BCUT2D eigenvalue weighted by atomic mass is 10.0. The van der Waals surface area contributed by atoms with Crippen molar-refractivity contribution in [1.82, 2.24) is 10.2 Å². The molecule has 0 aromatic heterocycles. The maximum Gasteiger partial charge on any atom is 0.271 e. The van der Waals surface area contributed by atoms with Crippen LogP contribution in [0.3, 0.4) is 0 Å². The Hall–Kier alpha value is -3.67. The summed E-state index contributed by atoms with van der Waals surface area (Å²) < 4.78 is 26.8. The largest absolute Gasteiger partial charge is 0.354 e. The number of halogens is 2. The zero-order valence-corrected chi connectivity index (χ0v) is 25.7. The Kier molecular flexibility index (Phi) is 11.3. The lowest BCUT2D eigenvalue weighted by Gasteiger charge is -2.34. The summed E-state index contributed by atoms with van der Waals surface area (Å²) in [6, 6.07) is 16.6. The summed E-state index contributed by atoms with van der Waals surface area (Å²) in [6.07, 6.45) is 1.68. The number of carbonyl (C=O) groups excluding carboxylic acids is 2. The monoisotopic (exact) mass is 634 g/mol. The Morgan fingerprint density at radius 2 is 1.67 bits per heavy atom. The number of anilines is 1. The summed E-state index contributed by atoms with van der Waals surface area (Å²) in [6.45, 7) is 2.92. The molecule has 13 heteroatoms. The third-order valence-electron chi connectivity index (χ3n) is 6.56. The number of hydrogen-bond donors (Lipinski definition) is 1. The van der Waals surface area contributed by atoms with Gasteiger partial charge in [0.1, 0.15) is 12.6 Å². The molecule has 3 aromatic carbocycles. The van der Waals surface area contributed by atoms with Crippen LogP contribution < -0.4 is 9.62 Å². The number of hydrogen-bond acceptors (Lipinski definition) is 6. The van der Waals surface area contributed by atoms with E-state index >= 15 is 0 Å². The van der Waals surface area contributed by atoms with E-state index in [2.05, 4.69) is 5.32 Å². The maximum absolute atomic E-state index is 14.2. The molecule has 0 aliphatic heterocycles. The van der Waals surface area contributed by atoms with Crippen molar-refractivity contribution in [1.29, 1.82) is 0 Å². The highest BCUT2D eigenvalue weighted by Gasteiger charge is 2.34. The summed E-state index contributed by atoms with van der Waals surface area (Å²) in [7, 11) is -4.11. The molecule has 224 valence electrons. The van der Waals surface area contributed by atoms with Gasteiger partial charge in [-0.2, -0.15) is 0 Å². The van der Waals surface area contributed by atoms with Gasteiger partial charge < -0.3 is 10.2 Å². The Bertz CT molecular complexity index is 1530. The van der Waals surface area contributed by atoms with Crippen LogP contribution in [0.15, 0.2) is 66.7 Å². The van der Waals surface area contributed by atoms with E-state index in [4.69, 9.17) is 23.2 Å². The number of non-ortho nitro benzene ring substituents is 1. The van der Waals surface area contributed by atoms with Gasteiger partial charge >= 0.3 is 0 Å². The predicted molar refractivity (Wildman–Crippen MR) is 164 cm³/mol. The van der Waals surface area contributed by atoms with E-state index < -0.39 is 39.3 Å². The topological polar surface area (TPSA) is 130 Å². The molecule has 3 rings (SSSR count). The van der Waals surface area contributed by atoms with Gasteiger partial charge in [-0.1, -0.05) is 72.6 Å². The SMILES string of the molecule is CCCNC(=O)C(Cc1ccccc1)N(Cc1c(Cl)cccc1Cl)C(=O)CN(c1cc([N+](=O)[O-])ccc1C)S(C)(=O)=O. The van der Waals surface area contributed by atoms with E-state index in [9.17, 15) is 28.1 Å². The van der Waals surface area contributed by atoms with E-state index in [0.717, 1.165) is 22.2 Å². The second kappa shape index (κ2) is 14.5. The first-order chi connectivity index (χ1) is 19.8. The quantitative estimate of drug-likeness (QED) is 0.205. The molecule has 2 amide bonds.